The molecule has 0 bridgehead atoms. The molecule has 0 saturated heterocycles. The first-order chi connectivity index (χ1) is 5.25. The van der Waals surface area contributed by atoms with Crippen LogP contribution < -0.4 is 5.32 Å². The highest BCUT2D eigenvalue weighted by Gasteiger charge is 1.99. The van der Waals surface area contributed by atoms with E-state index >= 15 is 0 Å². The topological polar surface area (TPSA) is 29.1 Å². The minimum atomic E-state index is 0.674. The molecular formula is C8H8BrNO. The van der Waals surface area contributed by atoms with Gasteiger partial charge in [0.05, 0.1) is 5.69 Å². The van der Waals surface area contributed by atoms with Gasteiger partial charge in [-0.1, -0.05) is 12.1 Å². The second-order valence-electron chi connectivity index (χ2n) is 2.19. The summed E-state index contributed by atoms with van der Waals surface area (Å²) >= 11 is 3.33. The van der Waals surface area contributed by atoms with Gasteiger partial charge >= 0.3 is 0 Å². The number of halogens is 1. The number of hydrogen-bond acceptors (Lipinski definition) is 1. The van der Waals surface area contributed by atoms with Crippen LogP contribution >= 0.6 is 15.9 Å². The van der Waals surface area contributed by atoms with Gasteiger partial charge in [-0.3, -0.25) is 4.79 Å². The third-order valence-corrected chi connectivity index (χ3v) is 2.09. The van der Waals surface area contributed by atoms with Crippen molar-refractivity contribution in [2.24, 2.45) is 0 Å². The minimum absolute atomic E-state index is 0.674. The third kappa shape index (κ3) is 1.80. The normalized spacial score (nSPS) is 9.27. The molecule has 11 heavy (non-hydrogen) atoms. The van der Waals surface area contributed by atoms with E-state index in [4.69, 9.17) is 0 Å². The van der Waals surface area contributed by atoms with Gasteiger partial charge in [0.2, 0.25) is 6.41 Å². The molecule has 0 heterocycles. The fourth-order valence-electron chi connectivity index (χ4n) is 0.874. The zero-order chi connectivity index (χ0) is 8.27. The number of anilines is 1. The van der Waals surface area contributed by atoms with E-state index in [-0.39, 0.29) is 0 Å². The van der Waals surface area contributed by atoms with E-state index in [2.05, 4.69) is 21.2 Å². The minimum Gasteiger partial charge on any atom is -0.327 e. The second kappa shape index (κ2) is 3.53. The van der Waals surface area contributed by atoms with E-state index in [1.165, 1.54) is 0 Å². The van der Waals surface area contributed by atoms with Crippen LogP contribution in [0.15, 0.2) is 22.7 Å². The maximum absolute atomic E-state index is 10.1. The Labute approximate surface area is 73.7 Å². The predicted molar refractivity (Wildman–Crippen MR) is 48.6 cm³/mol. The zero-order valence-corrected chi connectivity index (χ0v) is 7.68. The van der Waals surface area contributed by atoms with Crippen LogP contribution in [0, 0.1) is 6.92 Å². The summed E-state index contributed by atoms with van der Waals surface area (Å²) in [4.78, 5) is 10.1. The molecule has 0 spiro atoms. The lowest BCUT2D eigenvalue weighted by molar-refractivity contribution is -0.105. The second-order valence-corrected chi connectivity index (χ2v) is 3.05. The van der Waals surface area contributed by atoms with E-state index < -0.39 is 0 Å². The molecule has 58 valence electrons. The van der Waals surface area contributed by atoms with E-state index in [1.54, 1.807) is 0 Å². The van der Waals surface area contributed by atoms with Crippen LogP contribution in [0.5, 0.6) is 0 Å². The SMILES string of the molecule is Cc1cccc(Br)c1NC=O. The van der Waals surface area contributed by atoms with Gasteiger partial charge in [0.25, 0.3) is 0 Å². The van der Waals surface area contributed by atoms with Crippen LogP contribution in [0.25, 0.3) is 0 Å². The molecule has 2 nitrogen and oxygen atoms in total. The Hall–Kier alpha value is -0.830. The molecule has 0 unspecified atom stereocenters. The van der Waals surface area contributed by atoms with Gasteiger partial charge in [-0.15, -0.1) is 0 Å². The molecule has 0 atom stereocenters. The number of benzene rings is 1. The fourth-order valence-corrected chi connectivity index (χ4v) is 1.45. The average molecular weight is 214 g/mol. The first-order valence-electron chi connectivity index (χ1n) is 3.21. The van der Waals surface area contributed by atoms with Crippen LogP contribution in [-0.2, 0) is 4.79 Å². The van der Waals surface area contributed by atoms with Crippen molar-refractivity contribution in [2.75, 3.05) is 5.32 Å². The monoisotopic (exact) mass is 213 g/mol. The average Bonchev–Trinajstić information content (AvgIpc) is 1.97. The van der Waals surface area contributed by atoms with Gasteiger partial charge in [-0.25, -0.2) is 0 Å². The first kappa shape index (κ1) is 8.27. The fraction of sp³-hybridized carbons (Fsp3) is 0.125. The maximum atomic E-state index is 10.1. The van der Waals surface area contributed by atoms with Gasteiger partial charge in [0.1, 0.15) is 0 Å². The molecule has 1 aromatic carbocycles. The van der Waals surface area contributed by atoms with E-state index in [0.29, 0.717) is 6.41 Å². The number of amides is 1. The summed E-state index contributed by atoms with van der Waals surface area (Å²) in [6, 6.07) is 5.75. The van der Waals surface area contributed by atoms with E-state index in [9.17, 15) is 4.79 Å². The number of carbonyl (C=O) groups excluding carboxylic acids is 1. The smallest absolute Gasteiger partial charge is 0.211 e. The van der Waals surface area contributed by atoms with E-state index in [1.807, 2.05) is 25.1 Å². The summed E-state index contributed by atoms with van der Waals surface area (Å²) in [6.45, 7) is 1.94. The summed E-state index contributed by atoms with van der Waals surface area (Å²) in [6.07, 6.45) is 0.674. The molecule has 0 aliphatic carbocycles. The molecule has 0 fully saturated rings. The highest BCUT2D eigenvalue weighted by atomic mass is 79.9. The molecule has 0 aliphatic heterocycles. The number of aryl methyl sites for hydroxylation is 1. The van der Waals surface area contributed by atoms with Crippen molar-refractivity contribution in [3.8, 4) is 0 Å². The zero-order valence-electron chi connectivity index (χ0n) is 6.10. The highest BCUT2D eigenvalue weighted by molar-refractivity contribution is 9.10. The van der Waals surface area contributed by atoms with Crippen molar-refractivity contribution in [1.29, 1.82) is 0 Å². The number of rotatable bonds is 2. The summed E-state index contributed by atoms with van der Waals surface area (Å²) in [5.41, 5.74) is 1.88. The van der Waals surface area contributed by atoms with Crippen molar-refractivity contribution >= 4 is 28.0 Å². The summed E-state index contributed by atoms with van der Waals surface area (Å²) < 4.78 is 0.907. The summed E-state index contributed by atoms with van der Waals surface area (Å²) in [5.74, 6) is 0. The molecular weight excluding hydrogens is 206 g/mol. The molecule has 0 aromatic heterocycles. The Bertz CT molecular complexity index is 253. The molecule has 0 radical (unpaired) electrons. The molecule has 0 saturated carbocycles. The molecule has 1 aromatic rings. The Balaban J connectivity index is 3.09. The lowest BCUT2D eigenvalue weighted by Crippen LogP contribution is -1.96. The van der Waals surface area contributed by atoms with E-state index in [0.717, 1.165) is 15.7 Å². The first-order valence-corrected chi connectivity index (χ1v) is 4.00. The molecule has 0 aliphatic rings. The molecule has 1 amide bonds. The highest BCUT2D eigenvalue weighted by Crippen LogP contribution is 2.24. The number of nitrogens with one attached hydrogen (secondary N) is 1. The Morgan fingerprint density at radius 2 is 2.27 bits per heavy atom. The quantitative estimate of drug-likeness (QED) is 0.752. The van der Waals surface area contributed by atoms with Crippen molar-refractivity contribution in [2.45, 2.75) is 6.92 Å². The van der Waals surface area contributed by atoms with Gasteiger partial charge < -0.3 is 5.32 Å². The van der Waals surface area contributed by atoms with Gasteiger partial charge in [0.15, 0.2) is 0 Å². The maximum Gasteiger partial charge on any atom is 0.211 e. The molecule has 3 heteroatoms. The van der Waals surface area contributed by atoms with Crippen LogP contribution in [0.1, 0.15) is 5.56 Å². The van der Waals surface area contributed by atoms with Crippen LogP contribution in [0.2, 0.25) is 0 Å². The largest absolute Gasteiger partial charge is 0.327 e. The number of hydrogen-bond donors (Lipinski definition) is 1. The summed E-state index contributed by atoms with van der Waals surface area (Å²) in [7, 11) is 0. The van der Waals surface area contributed by atoms with Gasteiger partial charge in [0, 0.05) is 4.47 Å². The van der Waals surface area contributed by atoms with Crippen molar-refractivity contribution in [3.63, 3.8) is 0 Å². The predicted octanol–water partition coefficient (Wildman–Crippen LogP) is 2.33. The number of para-hydroxylation sites is 1. The number of carbonyl (C=O) groups is 1. The van der Waals surface area contributed by atoms with Crippen molar-refractivity contribution < 1.29 is 4.79 Å². The lowest BCUT2D eigenvalue weighted by atomic mass is 10.2. The Morgan fingerprint density at radius 3 is 2.82 bits per heavy atom. The van der Waals surface area contributed by atoms with Crippen LogP contribution in [-0.4, -0.2) is 6.41 Å². The van der Waals surface area contributed by atoms with Crippen LogP contribution in [0.4, 0.5) is 5.69 Å². The molecule has 1 rings (SSSR count). The standard InChI is InChI=1S/C8H8BrNO/c1-6-3-2-4-7(9)8(6)10-5-11/h2-5H,1H3,(H,10,11). The third-order valence-electron chi connectivity index (χ3n) is 1.43. The van der Waals surface area contributed by atoms with Gasteiger partial charge in [-0.2, -0.15) is 0 Å². The van der Waals surface area contributed by atoms with Crippen molar-refractivity contribution in [1.82, 2.24) is 0 Å². The summed E-state index contributed by atoms with van der Waals surface area (Å²) in [5, 5.41) is 2.62. The van der Waals surface area contributed by atoms with Gasteiger partial charge in [-0.05, 0) is 34.5 Å². The molecule has 1 N–H and O–H groups in total. The van der Waals surface area contributed by atoms with Crippen molar-refractivity contribution in [3.05, 3.63) is 28.2 Å². The Morgan fingerprint density at radius 1 is 1.55 bits per heavy atom. The lowest BCUT2D eigenvalue weighted by Gasteiger charge is -2.04. The van der Waals surface area contributed by atoms with Crippen LogP contribution in [0.3, 0.4) is 0 Å². The Kier molecular flexibility index (Phi) is 2.65.